The molecule has 0 radical (unpaired) electrons. The van der Waals surface area contributed by atoms with Crippen molar-refractivity contribution in [2.75, 3.05) is 26.2 Å². The minimum absolute atomic E-state index is 0.00364. The van der Waals surface area contributed by atoms with Gasteiger partial charge in [0.05, 0.1) is 12.1 Å². The molecule has 0 unspecified atom stereocenters. The van der Waals surface area contributed by atoms with Gasteiger partial charge in [-0.2, -0.15) is 0 Å². The average Bonchev–Trinajstić information content (AvgIpc) is 3.70. The summed E-state index contributed by atoms with van der Waals surface area (Å²) < 4.78 is 51.2. The monoisotopic (exact) mass is 481 g/mol. The lowest BCUT2D eigenvalue weighted by atomic mass is 9.87. The molecular weight excluding hydrogens is 455 g/mol. The number of nitrogens with zero attached hydrogens (tertiary/aromatic N) is 3. The lowest BCUT2D eigenvalue weighted by Crippen LogP contribution is -2.64. The number of halogens is 3. The fourth-order valence-corrected chi connectivity index (χ4v) is 5.29. The minimum atomic E-state index is -1.35. The first-order chi connectivity index (χ1) is 16.9. The highest BCUT2D eigenvalue weighted by Gasteiger charge is 2.51. The molecule has 1 saturated carbocycles. The normalized spacial score (nSPS) is 25.5. The molecule has 3 fully saturated rings. The second-order valence-electron chi connectivity index (χ2n) is 9.89. The van der Waals surface area contributed by atoms with Crippen LogP contribution in [-0.4, -0.2) is 64.7 Å². The van der Waals surface area contributed by atoms with Crippen LogP contribution in [0.4, 0.5) is 13.2 Å². The third-order valence-electron chi connectivity index (χ3n) is 7.53. The van der Waals surface area contributed by atoms with E-state index in [1.165, 1.54) is 12.1 Å². The number of rotatable bonds is 4. The molecule has 35 heavy (non-hydrogen) atoms. The van der Waals surface area contributed by atoms with Crippen molar-refractivity contribution in [1.82, 2.24) is 14.8 Å². The highest BCUT2D eigenvalue weighted by atomic mass is 19.1. The van der Waals surface area contributed by atoms with Gasteiger partial charge >= 0.3 is 0 Å². The van der Waals surface area contributed by atoms with E-state index in [-0.39, 0.29) is 43.8 Å². The lowest BCUT2D eigenvalue weighted by molar-refractivity contribution is -0.189. The summed E-state index contributed by atoms with van der Waals surface area (Å²) in [6.07, 6.45) is 2.61. The van der Waals surface area contributed by atoms with E-state index >= 15 is 13.2 Å². The van der Waals surface area contributed by atoms with Crippen LogP contribution in [0.25, 0.3) is 22.0 Å². The quantitative estimate of drug-likeness (QED) is 0.551. The Morgan fingerprint density at radius 3 is 2.63 bits per heavy atom. The van der Waals surface area contributed by atoms with Gasteiger partial charge in [-0.25, -0.2) is 13.2 Å². The van der Waals surface area contributed by atoms with Gasteiger partial charge in [-0.1, -0.05) is 18.2 Å². The summed E-state index contributed by atoms with van der Waals surface area (Å²) >= 11 is 0. The van der Waals surface area contributed by atoms with Crippen LogP contribution < -0.4 is 0 Å². The first-order valence-electron chi connectivity index (χ1n) is 12.0. The van der Waals surface area contributed by atoms with Gasteiger partial charge in [0.1, 0.15) is 30.0 Å². The van der Waals surface area contributed by atoms with Crippen molar-refractivity contribution in [2.24, 2.45) is 0 Å². The van der Waals surface area contributed by atoms with Gasteiger partial charge in [-0.3, -0.25) is 14.7 Å². The van der Waals surface area contributed by atoms with Crippen molar-refractivity contribution in [2.45, 2.75) is 43.6 Å². The number of hydrogen-bond donors (Lipinski definition) is 0. The predicted molar refractivity (Wildman–Crippen MR) is 125 cm³/mol. The zero-order valence-corrected chi connectivity index (χ0v) is 19.2. The van der Waals surface area contributed by atoms with Crippen LogP contribution in [0, 0.1) is 11.6 Å². The van der Waals surface area contributed by atoms with Gasteiger partial charge in [0.15, 0.2) is 0 Å². The van der Waals surface area contributed by atoms with E-state index in [4.69, 9.17) is 4.74 Å². The van der Waals surface area contributed by atoms with Crippen LogP contribution >= 0.6 is 0 Å². The molecule has 1 aromatic heterocycles. The molecule has 2 saturated heterocycles. The standard InChI is InChI=1S/C27H26F3N3O2/c28-22-10-19(18-4-3-17-2-1-8-31-24(17)12-18)11-23(29)21(22)13-32-9-7-27(25(30)14-32)16-33(20-5-6-20)26(34)15-35-27/h1-4,8,10-12,20,25H,5-7,9,13-16H2/t25-,27+/m1/s1. The summed E-state index contributed by atoms with van der Waals surface area (Å²) in [7, 11) is 0. The van der Waals surface area contributed by atoms with E-state index in [1.807, 2.05) is 24.3 Å². The molecule has 3 aliphatic rings. The van der Waals surface area contributed by atoms with Crippen LogP contribution in [0.15, 0.2) is 48.7 Å². The number of carbonyl (C=O) groups excluding carboxylic acids is 1. The molecule has 1 aliphatic carbocycles. The number of pyridine rings is 1. The van der Waals surface area contributed by atoms with Crippen molar-refractivity contribution >= 4 is 16.8 Å². The maximum atomic E-state index is 15.4. The maximum Gasteiger partial charge on any atom is 0.248 e. The minimum Gasteiger partial charge on any atom is -0.360 e. The van der Waals surface area contributed by atoms with Crippen LogP contribution in [0.3, 0.4) is 0 Å². The Morgan fingerprint density at radius 2 is 1.89 bits per heavy atom. The van der Waals surface area contributed by atoms with Gasteiger partial charge in [0, 0.05) is 42.8 Å². The molecule has 6 rings (SSSR count). The van der Waals surface area contributed by atoms with Crippen molar-refractivity contribution in [3.8, 4) is 11.1 Å². The SMILES string of the molecule is O=C1CO[C@@]2(CCN(Cc3c(F)cc(-c4ccc5cccnc5c4)cc3F)C[C@H]2F)CN1C1CC1. The van der Waals surface area contributed by atoms with Crippen molar-refractivity contribution in [3.63, 3.8) is 0 Å². The van der Waals surface area contributed by atoms with Gasteiger partial charge in [-0.15, -0.1) is 0 Å². The molecule has 8 heteroatoms. The summed E-state index contributed by atoms with van der Waals surface area (Å²) in [5.41, 5.74) is 0.748. The zero-order chi connectivity index (χ0) is 24.2. The Kier molecular flexibility index (Phi) is 5.53. The van der Waals surface area contributed by atoms with Crippen LogP contribution in [0.2, 0.25) is 0 Å². The van der Waals surface area contributed by atoms with E-state index in [0.29, 0.717) is 24.1 Å². The van der Waals surface area contributed by atoms with Crippen molar-refractivity contribution < 1.29 is 22.7 Å². The van der Waals surface area contributed by atoms with Crippen LogP contribution in [0.5, 0.6) is 0 Å². The van der Waals surface area contributed by atoms with Gasteiger partial charge in [0.25, 0.3) is 0 Å². The van der Waals surface area contributed by atoms with Crippen LogP contribution in [-0.2, 0) is 16.1 Å². The Balaban J connectivity index is 1.18. The second kappa shape index (κ2) is 8.60. The summed E-state index contributed by atoms with van der Waals surface area (Å²) in [5, 5.41) is 0.948. The molecule has 0 bridgehead atoms. The molecule has 1 spiro atoms. The Hall–Kier alpha value is -2.97. The van der Waals surface area contributed by atoms with Gasteiger partial charge < -0.3 is 9.64 Å². The maximum absolute atomic E-state index is 15.4. The lowest BCUT2D eigenvalue weighted by Gasteiger charge is -2.49. The molecule has 3 heterocycles. The van der Waals surface area contributed by atoms with Crippen LogP contribution in [0.1, 0.15) is 24.8 Å². The van der Waals surface area contributed by atoms with E-state index in [2.05, 4.69) is 4.98 Å². The van der Waals surface area contributed by atoms with Crippen molar-refractivity contribution in [3.05, 3.63) is 65.9 Å². The second-order valence-corrected chi connectivity index (χ2v) is 9.89. The smallest absolute Gasteiger partial charge is 0.248 e. The molecule has 0 N–H and O–H groups in total. The summed E-state index contributed by atoms with van der Waals surface area (Å²) in [5.74, 6) is -1.40. The van der Waals surface area contributed by atoms with E-state index in [9.17, 15) is 4.79 Å². The topological polar surface area (TPSA) is 45.7 Å². The molecule has 2 aromatic carbocycles. The fraction of sp³-hybridized carbons (Fsp3) is 0.407. The number of ether oxygens (including phenoxy) is 1. The number of benzene rings is 2. The largest absolute Gasteiger partial charge is 0.360 e. The number of carbonyl (C=O) groups is 1. The van der Waals surface area contributed by atoms with Crippen molar-refractivity contribution in [1.29, 1.82) is 0 Å². The fourth-order valence-electron chi connectivity index (χ4n) is 5.29. The number of aromatic nitrogens is 1. The molecular formula is C27H26F3N3O2. The van der Waals surface area contributed by atoms with Gasteiger partial charge in [0.2, 0.25) is 5.91 Å². The zero-order valence-electron chi connectivity index (χ0n) is 19.2. The first kappa shape index (κ1) is 22.5. The third kappa shape index (κ3) is 4.19. The number of morpholine rings is 1. The van der Waals surface area contributed by atoms with E-state index < -0.39 is 23.4 Å². The number of amides is 1. The van der Waals surface area contributed by atoms with Gasteiger partial charge in [-0.05, 0) is 54.7 Å². The van der Waals surface area contributed by atoms with E-state index in [1.54, 1.807) is 22.1 Å². The number of likely N-dealkylation sites (tertiary alicyclic amines) is 1. The summed E-state index contributed by atoms with van der Waals surface area (Å²) in [4.78, 5) is 20.0. The molecule has 5 nitrogen and oxygen atoms in total. The average molecular weight is 482 g/mol. The summed E-state index contributed by atoms with van der Waals surface area (Å²) in [6, 6.07) is 12.1. The molecule has 1 amide bonds. The number of piperidine rings is 1. The summed E-state index contributed by atoms with van der Waals surface area (Å²) in [6.45, 7) is 0.558. The molecule has 2 atom stereocenters. The number of hydrogen-bond acceptors (Lipinski definition) is 4. The number of alkyl halides is 1. The predicted octanol–water partition coefficient (Wildman–Crippen LogP) is 4.48. The third-order valence-corrected chi connectivity index (χ3v) is 7.53. The molecule has 182 valence electrons. The Bertz CT molecular complexity index is 1270. The highest BCUT2D eigenvalue weighted by Crippen LogP contribution is 2.38. The number of fused-ring (bicyclic) bond motifs is 1. The Morgan fingerprint density at radius 1 is 1.09 bits per heavy atom. The first-order valence-corrected chi connectivity index (χ1v) is 12.0. The highest BCUT2D eigenvalue weighted by molar-refractivity contribution is 5.84. The Labute approximate surface area is 201 Å². The molecule has 2 aliphatic heterocycles. The molecule has 3 aromatic rings. The van der Waals surface area contributed by atoms with E-state index in [0.717, 1.165) is 23.7 Å².